The molecule has 4 rings (SSSR count). The summed E-state index contributed by atoms with van der Waals surface area (Å²) in [5.74, 6) is 0. The van der Waals surface area contributed by atoms with E-state index in [9.17, 15) is 4.79 Å². The zero-order chi connectivity index (χ0) is 18.1. The number of hydrogen-bond donors (Lipinski definition) is 0. The molecule has 5 nitrogen and oxygen atoms in total. The first-order valence-corrected chi connectivity index (χ1v) is 9.25. The number of para-hydroxylation sites is 1. The minimum Gasteiger partial charge on any atom is -0.368 e. The average Bonchev–Trinajstić information content (AvgIpc) is 2.64. The van der Waals surface area contributed by atoms with Crippen LogP contribution in [0.25, 0.3) is 5.65 Å². The van der Waals surface area contributed by atoms with Gasteiger partial charge >= 0.3 is 0 Å². The maximum atomic E-state index is 12.3. The molecule has 134 valence electrons. The van der Waals surface area contributed by atoms with Gasteiger partial charge in [-0.1, -0.05) is 35.3 Å². The highest BCUT2D eigenvalue weighted by Crippen LogP contribution is 2.26. The molecule has 1 saturated heterocycles. The number of anilines is 1. The lowest BCUT2D eigenvalue weighted by atomic mass is 10.2. The summed E-state index contributed by atoms with van der Waals surface area (Å²) in [5.41, 5.74) is 2.37. The van der Waals surface area contributed by atoms with Crippen LogP contribution in [0.15, 0.2) is 53.5 Å². The fourth-order valence-electron chi connectivity index (χ4n) is 3.29. The molecule has 1 aliphatic heterocycles. The zero-order valence-corrected chi connectivity index (χ0v) is 15.6. The van der Waals surface area contributed by atoms with E-state index in [4.69, 9.17) is 23.2 Å². The Morgan fingerprint density at radius 3 is 2.54 bits per heavy atom. The van der Waals surface area contributed by atoms with Crippen molar-refractivity contribution in [3.05, 3.63) is 74.8 Å². The van der Waals surface area contributed by atoms with Crippen molar-refractivity contribution < 1.29 is 0 Å². The van der Waals surface area contributed by atoms with Gasteiger partial charge in [-0.15, -0.1) is 0 Å². The summed E-state index contributed by atoms with van der Waals surface area (Å²) in [7, 11) is 0. The summed E-state index contributed by atoms with van der Waals surface area (Å²) < 4.78 is 1.47. The van der Waals surface area contributed by atoms with Crippen molar-refractivity contribution in [2.45, 2.75) is 6.54 Å². The fourth-order valence-corrected chi connectivity index (χ4v) is 3.71. The molecule has 0 saturated carbocycles. The van der Waals surface area contributed by atoms with Gasteiger partial charge in [0.05, 0.1) is 21.4 Å². The number of piperazine rings is 1. The molecule has 1 aromatic carbocycles. The van der Waals surface area contributed by atoms with E-state index in [1.54, 1.807) is 24.4 Å². The molecule has 0 unspecified atom stereocenters. The molecule has 0 radical (unpaired) electrons. The van der Waals surface area contributed by atoms with Crippen molar-refractivity contribution in [3.8, 4) is 0 Å². The third-order valence-corrected chi connectivity index (χ3v) is 5.17. The van der Waals surface area contributed by atoms with Crippen LogP contribution in [0.4, 0.5) is 5.69 Å². The second-order valence-corrected chi connectivity index (χ2v) is 7.22. The number of nitrogens with zero attached hydrogens (tertiary/aromatic N) is 4. The zero-order valence-electron chi connectivity index (χ0n) is 14.1. The van der Waals surface area contributed by atoms with Crippen LogP contribution in [0.1, 0.15) is 5.69 Å². The molecule has 0 spiro atoms. The van der Waals surface area contributed by atoms with Crippen molar-refractivity contribution in [2.24, 2.45) is 0 Å². The molecule has 3 aromatic rings. The predicted octanol–water partition coefficient (Wildman–Crippen LogP) is 3.32. The third kappa shape index (κ3) is 3.56. The quantitative estimate of drug-likeness (QED) is 0.689. The van der Waals surface area contributed by atoms with Crippen molar-refractivity contribution in [2.75, 3.05) is 31.1 Å². The van der Waals surface area contributed by atoms with E-state index in [2.05, 4.69) is 20.9 Å². The topological polar surface area (TPSA) is 40.9 Å². The van der Waals surface area contributed by atoms with Gasteiger partial charge in [-0.3, -0.25) is 14.1 Å². The van der Waals surface area contributed by atoms with Gasteiger partial charge in [-0.2, -0.15) is 0 Å². The second-order valence-electron chi connectivity index (χ2n) is 6.38. The van der Waals surface area contributed by atoms with Gasteiger partial charge in [0.1, 0.15) is 5.65 Å². The first-order chi connectivity index (χ1) is 12.6. The summed E-state index contributed by atoms with van der Waals surface area (Å²) in [4.78, 5) is 21.5. The summed E-state index contributed by atoms with van der Waals surface area (Å²) in [6, 6.07) is 13.0. The minimum absolute atomic E-state index is 0.109. The number of pyridine rings is 1. The van der Waals surface area contributed by atoms with Gasteiger partial charge < -0.3 is 4.90 Å². The summed E-state index contributed by atoms with van der Waals surface area (Å²) in [5, 5.41) is 1.30. The Bertz CT molecular complexity index is 996. The van der Waals surface area contributed by atoms with Crippen LogP contribution in [-0.2, 0) is 6.54 Å². The van der Waals surface area contributed by atoms with Gasteiger partial charge in [-0.25, -0.2) is 4.98 Å². The van der Waals surface area contributed by atoms with Crippen molar-refractivity contribution >= 4 is 34.5 Å². The Balaban J connectivity index is 1.46. The van der Waals surface area contributed by atoms with Crippen LogP contribution >= 0.6 is 23.2 Å². The summed E-state index contributed by atoms with van der Waals surface area (Å²) in [6.45, 7) is 4.24. The smallest absolute Gasteiger partial charge is 0.258 e. The van der Waals surface area contributed by atoms with E-state index >= 15 is 0 Å². The molecular weight excluding hydrogens is 371 g/mol. The van der Waals surface area contributed by atoms with Gasteiger partial charge in [-0.05, 0) is 24.3 Å². The molecule has 26 heavy (non-hydrogen) atoms. The number of benzene rings is 1. The maximum absolute atomic E-state index is 12.3. The molecule has 0 aliphatic carbocycles. The molecule has 0 atom stereocenters. The monoisotopic (exact) mass is 388 g/mol. The maximum Gasteiger partial charge on any atom is 0.258 e. The Kier molecular flexibility index (Phi) is 4.85. The largest absolute Gasteiger partial charge is 0.368 e. The lowest BCUT2D eigenvalue weighted by Gasteiger charge is -2.36. The lowest BCUT2D eigenvalue weighted by Crippen LogP contribution is -2.46. The summed E-state index contributed by atoms with van der Waals surface area (Å²) in [6.07, 6.45) is 1.60. The number of aromatic nitrogens is 2. The van der Waals surface area contributed by atoms with E-state index < -0.39 is 0 Å². The van der Waals surface area contributed by atoms with E-state index in [0.29, 0.717) is 17.2 Å². The third-order valence-electron chi connectivity index (χ3n) is 4.63. The SMILES string of the molecule is O=c1cc(CN2CCN(c3ccccc3Cl)CC2)nc2ccc(Cl)cn12. The van der Waals surface area contributed by atoms with Crippen LogP contribution in [-0.4, -0.2) is 40.5 Å². The normalized spacial score (nSPS) is 15.5. The van der Waals surface area contributed by atoms with Crippen LogP contribution in [0.2, 0.25) is 10.0 Å². The first kappa shape index (κ1) is 17.3. The highest BCUT2D eigenvalue weighted by atomic mass is 35.5. The van der Waals surface area contributed by atoms with Crippen LogP contribution in [0.5, 0.6) is 0 Å². The van der Waals surface area contributed by atoms with Gasteiger partial charge in [0, 0.05) is 45.0 Å². The second kappa shape index (κ2) is 7.27. The molecule has 0 bridgehead atoms. The number of rotatable bonds is 3. The number of fused-ring (bicyclic) bond motifs is 1. The molecular formula is C19H18Cl2N4O. The van der Waals surface area contributed by atoms with E-state index in [0.717, 1.165) is 42.6 Å². The van der Waals surface area contributed by atoms with Crippen molar-refractivity contribution in [3.63, 3.8) is 0 Å². The molecule has 2 aromatic heterocycles. The summed E-state index contributed by atoms with van der Waals surface area (Å²) >= 11 is 12.2. The standard InChI is InChI=1S/C19H18Cl2N4O/c20-14-5-6-18-22-15(11-19(26)25(18)12-14)13-23-7-9-24(10-8-23)17-4-2-1-3-16(17)21/h1-6,11-12H,7-10,13H2. The molecule has 0 N–H and O–H groups in total. The van der Waals surface area contributed by atoms with Crippen molar-refractivity contribution in [1.82, 2.24) is 14.3 Å². The average molecular weight is 389 g/mol. The Hall–Kier alpha value is -2.08. The van der Waals surface area contributed by atoms with Crippen LogP contribution in [0, 0.1) is 0 Å². The Morgan fingerprint density at radius 2 is 1.77 bits per heavy atom. The minimum atomic E-state index is -0.109. The highest BCUT2D eigenvalue weighted by molar-refractivity contribution is 6.33. The molecule has 3 heterocycles. The molecule has 1 aliphatic rings. The van der Waals surface area contributed by atoms with Crippen LogP contribution < -0.4 is 10.5 Å². The van der Waals surface area contributed by atoms with Gasteiger partial charge in [0.25, 0.3) is 5.56 Å². The van der Waals surface area contributed by atoms with Crippen molar-refractivity contribution in [1.29, 1.82) is 0 Å². The van der Waals surface area contributed by atoms with E-state index in [1.165, 1.54) is 4.40 Å². The first-order valence-electron chi connectivity index (χ1n) is 8.50. The van der Waals surface area contributed by atoms with Crippen LogP contribution in [0.3, 0.4) is 0 Å². The molecule has 1 fully saturated rings. The molecule has 0 amide bonds. The van der Waals surface area contributed by atoms with E-state index in [-0.39, 0.29) is 5.56 Å². The molecule has 7 heteroatoms. The Labute approximate surface area is 161 Å². The Morgan fingerprint density at radius 1 is 1.00 bits per heavy atom. The van der Waals surface area contributed by atoms with E-state index in [1.807, 2.05) is 18.2 Å². The number of halogens is 2. The number of hydrogen-bond acceptors (Lipinski definition) is 4. The van der Waals surface area contributed by atoms with Gasteiger partial charge in [0.15, 0.2) is 0 Å². The highest BCUT2D eigenvalue weighted by Gasteiger charge is 2.19. The fraction of sp³-hybridized carbons (Fsp3) is 0.263. The lowest BCUT2D eigenvalue weighted by molar-refractivity contribution is 0.247. The van der Waals surface area contributed by atoms with Gasteiger partial charge in [0.2, 0.25) is 0 Å². The predicted molar refractivity (Wildman–Crippen MR) is 105 cm³/mol.